The average molecular weight is 353 g/mol. The first-order valence-electron chi connectivity index (χ1n) is 9.02. The summed E-state index contributed by atoms with van der Waals surface area (Å²) in [6.07, 6.45) is 1.72. The van der Waals surface area contributed by atoms with E-state index in [1.807, 2.05) is 49.5 Å². The molecular weight excluding hydrogens is 324 g/mol. The summed E-state index contributed by atoms with van der Waals surface area (Å²) in [7, 11) is 2.02. The van der Waals surface area contributed by atoms with Crippen molar-refractivity contribution in [2.75, 3.05) is 25.5 Å². The van der Waals surface area contributed by atoms with Gasteiger partial charge in [-0.15, -0.1) is 0 Å². The Morgan fingerprint density at radius 3 is 2.54 bits per heavy atom. The molecule has 1 atom stereocenters. The third kappa shape index (κ3) is 6.05. The van der Waals surface area contributed by atoms with Gasteiger partial charge in [-0.25, -0.2) is 0 Å². The summed E-state index contributed by atoms with van der Waals surface area (Å²) in [5, 5.41) is 3.05. The van der Waals surface area contributed by atoms with Gasteiger partial charge in [0.2, 0.25) is 0 Å². The SMILES string of the molecule is C=CCOc1ccc(C[NH+](C)CC(=O)Nc2ccccc2C(C)C)cc1. The minimum atomic E-state index is 0.0292. The van der Waals surface area contributed by atoms with Crippen LogP contribution in [-0.2, 0) is 11.3 Å². The van der Waals surface area contributed by atoms with Crippen molar-refractivity contribution in [3.63, 3.8) is 0 Å². The molecule has 4 heteroatoms. The molecule has 0 heterocycles. The van der Waals surface area contributed by atoms with Crippen LogP contribution >= 0.6 is 0 Å². The van der Waals surface area contributed by atoms with Crippen molar-refractivity contribution in [2.45, 2.75) is 26.3 Å². The van der Waals surface area contributed by atoms with Gasteiger partial charge in [0.15, 0.2) is 6.54 Å². The third-order valence-electron chi connectivity index (χ3n) is 4.12. The Balaban J connectivity index is 1.88. The lowest BCUT2D eigenvalue weighted by Crippen LogP contribution is -3.08. The Labute approximate surface area is 156 Å². The number of carbonyl (C=O) groups is 1. The monoisotopic (exact) mass is 353 g/mol. The molecule has 26 heavy (non-hydrogen) atoms. The van der Waals surface area contributed by atoms with Crippen molar-refractivity contribution < 1.29 is 14.4 Å². The van der Waals surface area contributed by atoms with Gasteiger partial charge in [-0.05, 0) is 41.8 Å². The van der Waals surface area contributed by atoms with Gasteiger partial charge in [0.25, 0.3) is 5.91 Å². The van der Waals surface area contributed by atoms with E-state index in [0.29, 0.717) is 19.1 Å². The molecule has 1 amide bonds. The highest BCUT2D eigenvalue weighted by Crippen LogP contribution is 2.23. The van der Waals surface area contributed by atoms with Crippen molar-refractivity contribution >= 4 is 11.6 Å². The predicted molar refractivity (Wildman–Crippen MR) is 107 cm³/mol. The van der Waals surface area contributed by atoms with Crippen LogP contribution in [0.1, 0.15) is 30.9 Å². The minimum Gasteiger partial charge on any atom is -0.490 e. The number of hydrogen-bond donors (Lipinski definition) is 2. The van der Waals surface area contributed by atoms with Crippen LogP contribution in [0.4, 0.5) is 5.69 Å². The molecule has 0 aliphatic carbocycles. The molecule has 0 aliphatic heterocycles. The van der Waals surface area contributed by atoms with E-state index in [-0.39, 0.29) is 5.91 Å². The van der Waals surface area contributed by atoms with Crippen LogP contribution in [0.5, 0.6) is 5.75 Å². The fourth-order valence-electron chi connectivity index (χ4n) is 2.85. The Morgan fingerprint density at radius 1 is 1.19 bits per heavy atom. The normalized spacial score (nSPS) is 11.8. The number of rotatable bonds is 9. The van der Waals surface area contributed by atoms with Gasteiger partial charge in [0.05, 0.1) is 7.05 Å². The molecule has 0 aromatic heterocycles. The Kier molecular flexibility index (Phi) is 7.42. The number of ether oxygens (including phenoxy) is 1. The molecule has 0 fully saturated rings. The van der Waals surface area contributed by atoms with Gasteiger partial charge in [0, 0.05) is 11.3 Å². The third-order valence-corrected chi connectivity index (χ3v) is 4.12. The largest absolute Gasteiger partial charge is 0.490 e. The van der Waals surface area contributed by atoms with E-state index in [2.05, 4.69) is 31.8 Å². The predicted octanol–water partition coefficient (Wildman–Crippen LogP) is 3.03. The van der Waals surface area contributed by atoms with Crippen LogP contribution in [0.2, 0.25) is 0 Å². The average Bonchev–Trinajstić information content (AvgIpc) is 2.61. The van der Waals surface area contributed by atoms with E-state index in [4.69, 9.17) is 4.74 Å². The molecule has 2 N–H and O–H groups in total. The number of quaternary nitrogens is 1. The number of likely N-dealkylation sites (N-methyl/N-ethyl adjacent to an activating group) is 1. The number of anilines is 1. The van der Waals surface area contributed by atoms with Crippen LogP contribution in [0.15, 0.2) is 61.2 Å². The molecule has 4 nitrogen and oxygen atoms in total. The molecule has 0 aliphatic rings. The van der Waals surface area contributed by atoms with Crippen LogP contribution in [0, 0.1) is 0 Å². The fraction of sp³-hybridized carbons (Fsp3) is 0.318. The highest BCUT2D eigenvalue weighted by atomic mass is 16.5. The first kappa shape index (κ1) is 19.7. The molecule has 0 radical (unpaired) electrons. The van der Waals surface area contributed by atoms with Crippen molar-refractivity contribution in [1.82, 2.24) is 0 Å². The summed E-state index contributed by atoms with van der Waals surface area (Å²) in [4.78, 5) is 13.5. The molecular formula is C22H29N2O2+. The Morgan fingerprint density at radius 2 is 1.88 bits per heavy atom. The molecule has 0 bridgehead atoms. The van der Waals surface area contributed by atoms with Crippen molar-refractivity contribution in [2.24, 2.45) is 0 Å². The summed E-state index contributed by atoms with van der Waals surface area (Å²) < 4.78 is 5.49. The van der Waals surface area contributed by atoms with E-state index in [1.165, 1.54) is 5.56 Å². The molecule has 0 saturated heterocycles. The second-order valence-electron chi connectivity index (χ2n) is 6.84. The second kappa shape index (κ2) is 9.78. The number of nitrogens with one attached hydrogen (secondary N) is 2. The molecule has 2 aromatic rings. The Bertz CT molecular complexity index is 723. The van der Waals surface area contributed by atoms with Gasteiger partial charge in [-0.1, -0.05) is 44.7 Å². The minimum absolute atomic E-state index is 0.0292. The number of hydrogen-bond acceptors (Lipinski definition) is 2. The lowest BCUT2D eigenvalue weighted by Gasteiger charge is -2.16. The zero-order chi connectivity index (χ0) is 18.9. The van der Waals surface area contributed by atoms with E-state index < -0.39 is 0 Å². The topological polar surface area (TPSA) is 42.8 Å². The zero-order valence-electron chi connectivity index (χ0n) is 15.9. The molecule has 1 unspecified atom stereocenters. The number of amides is 1. The number of benzene rings is 2. The van der Waals surface area contributed by atoms with Crippen LogP contribution in [-0.4, -0.2) is 26.1 Å². The highest BCUT2D eigenvalue weighted by Gasteiger charge is 2.13. The van der Waals surface area contributed by atoms with Gasteiger partial charge < -0.3 is 15.0 Å². The van der Waals surface area contributed by atoms with Crippen molar-refractivity contribution in [3.8, 4) is 5.75 Å². The van der Waals surface area contributed by atoms with Crippen LogP contribution < -0.4 is 15.0 Å². The van der Waals surface area contributed by atoms with Crippen molar-refractivity contribution in [3.05, 3.63) is 72.3 Å². The van der Waals surface area contributed by atoms with Crippen LogP contribution in [0.3, 0.4) is 0 Å². The number of carbonyl (C=O) groups excluding carboxylic acids is 1. The lowest BCUT2D eigenvalue weighted by atomic mass is 10.0. The molecule has 138 valence electrons. The summed E-state index contributed by atoms with van der Waals surface area (Å²) in [5.74, 6) is 1.23. The summed E-state index contributed by atoms with van der Waals surface area (Å²) in [6.45, 7) is 9.60. The smallest absolute Gasteiger partial charge is 0.279 e. The maximum absolute atomic E-state index is 12.4. The summed E-state index contributed by atoms with van der Waals surface area (Å²) in [6, 6.07) is 16.0. The first-order chi connectivity index (χ1) is 12.5. The van der Waals surface area contributed by atoms with E-state index in [9.17, 15) is 4.79 Å². The molecule has 0 saturated carbocycles. The number of para-hydroxylation sites is 1. The molecule has 2 rings (SSSR count). The summed E-state index contributed by atoms with van der Waals surface area (Å²) >= 11 is 0. The van der Waals surface area contributed by atoms with Gasteiger partial charge in [-0.3, -0.25) is 4.79 Å². The van der Waals surface area contributed by atoms with Crippen LogP contribution in [0.25, 0.3) is 0 Å². The zero-order valence-corrected chi connectivity index (χ0v) is 15.9. The summed E-state index contributed by atoms with van der Waals surface area (Å²) in [5.41, 5.74) is 3.24. The van der Waals surface area contributed by atoms with Gasteiger partial charge >= 0.3 is 0 Å². The Hall–Kier alpha value is -2.59. The quantitative estimate of drug-likeness (QED) is 0.681. The highest BCUT2D eigenvalue weighted by molar-refractivity contribution is 5.92. The first-order valence-corrected chi connectivity index (χ1v) is 9.02. The standard InChI is InChI=1S/C22H28N2O2/c1-5-14-26-19-12-10-18(11-13-19)15-24(4)16-22(25)23-21-9-7-6-8-20(21)17(2)3/h5-13,17H,1,14-16H2,2-4H3,(H,23,25)/p+1. The maximum atomic E-state index is 12.4. The van der Waals surface area contributed by atoms with Crippen molar-refractivity contribution in [1.29, 1.82) is 0 Å². The second-order valence-corrected chi connectivity index (χ2v) is 6.84. The van der Waals surface area contributed by atoms with Gasteiger partial charge in [-0.2, -0.15) is 0 Å². The lowest BCUT2D eigenvalue weighted by molar-refractivity contribution is -0.885. The molecule has 0 spiro atoms. The van der Waals surface area contributed by atoms with E-state index in [0.717, 1.165) is 28.4 Å². The maximum Gasteiger partial charge on any atom is 0.279 e. The van der Waals surface area contributed by atoms with E-state index >= 15 is 0 Å². The molecule has 2 aromatic carbocycles. The van der Waals surface area contributed by atoms with Gasteiger partial charge in [0.1, 0.15) is 18.9 Å². The van der Waals surface area contributed by atoms with E-state index in [1.54, 1.807) is 6.08 Å². The fourth-order valence-corrected chi connectivity index (χ4v) is 2.85.